The lowest BCUT2D eigenvalue weighted by Crippen LogP contribution is -2.24. The molecule has 1 unspecified atom stereocenters. The maximum absolute atomic E-state index is 12.9. The van der Waals surface area contributed by atoms with Gasteiger partial charge >= 0.3 is 0 Å². The van der Waals surface area contributed by atoms with E-state index in [1.807, 2.05) is 47.4 Å². The number of carbonyl (C=O) groups is 1. The number of ether oxygens (including phenoxy) is 1. The number of imidazole rings is 1. The van der Waals surface area contributed by atoms with Crippen LogP contribution in [-0.4, -0.2) is 29.1 Å². The number of hydrogen-bond acceptors (Lipinski definition) is 3. The fraction of sp³-hybridized carbons (Fsp3) is 0.231. The van der Waals surface area contributed by atoms with Crippen LogP contribution in [0.5, 0.6) is 5.75 Å². The van der Waals surface area contributed by atoms with Crippen molar-refractivity contribution in [2.24, 2.45) is 0 Å². The zero-order chi connectivity index (χ0) is 21.4. The Balaban J connectivity index is 1.51. The van der Waals surface area contributed by atoms with Gasteiger partial charge in [-0.3, -0.25) is 4.79 Å². The van der Waals surface area contributed by atoms with Crippen molar-refractivity contribution in [1.82, 2.24) is 9.55 Å². The van der Waals surface area contributed by atoms with E-state index in [0.717, 1.165) is 34.8 Å². The zero-order valence-electron chi connectivity index (χ0n) is 17.8. The summed E-state index contributed by atoms with van der Waals surface area (Å²) in [5.41, 5.74) is 5.41. The average Bonchev–Trinajstić information content (AvgIpc) is 3.36. The van der Waals surface area contributed by atoms with Crippen LogP contribution in [0.15, 0.2) is 72.8 Å². The summed E-state index contributed by atoms with van der Waals surface area (Å²) in [7, 11) is 1.64. The van der Waals surface area contributed by atoms with Gasteiger partial charge in [-0.1, -0.05) is 48.0 Å². The molecule has 1 fully saturated rings. The van der Waals surface area contributed by atoms with Gasteiger partial charge in [0, 0.05) is 37.2 Å². The van der Waals surface area contributed by atoms with Crippen molar-refractivity contribution in [3.8, 4) is 5.75 Å². The highest BCUT2D eigenvalue weighted by atomic mass is 16.5. The van der Waals surface area contributed by atoms with E-state index in [1.54, 1.807) is 7.11 Å². The number of methoxy groups -OCH3 is 1. The summed E-state index contributed by atoms with van der Waals surface area (Å²) in [5, 5.41) is 0. The van der Waals surface area contributed by atoms with Gasteiger partial charge in [0.2, 0.25) is 5.91 Å². The van der Waals surface area contributed by atoms with Crippen molar-refractivity contribution in [1.29, 1.82) is 0 Å². The van der Waals surface area contributed by atoms with E-state index < -0.39 is 0 Å². The number of fused-ring (bicyclic) bond motifs is 1. The van der Waals surface area contributed by atoms with Crippen molar-refractivity contribution >= 4 is 22.6 Å². The largest absolute Gasteiger partial charge is 0.497 e. The predicted molar refractivity (Wildman–Crippen MR) is 123 cm³/mol. The first-order valence-electron chi connectivity index (χ1n) is 10.6. The van der Waals surface area contributed by atoms with Crippen molar-refractivity contribution in [3.05, 3.63) is 89.7 Å². The molecular weight excluding hydrogens is 386 g/mol. The SMILES string of the molecule is COc1cccc(N2CC(c3nc4ccccc4n3Cc3ccc(C)cc3)CC2=O)c1. The average molecular weight is 412 g/mol. The van der Waals surface area contributed by atoms with Crippen molar-refractivity contribution in [2.45, 2.75) is 25.8 Å². The number of rotatable bonds is 5. The first kappa shape index (κ1) is 19.4. The van der Waals surface area contributed by atoms with Gasteiger partial charge < -0.3 is 14.2 Å². The molecule has 5 rings (SSSR count). The second-order valence-electron chi connectivity index (χ2n) is 8.14. The van der Waals surface area contributed by atoms with Gasteiger partial charge in [0.15, 0.2) is 0 Å². The Kier molecular flexibility index (Phi) is 4.94. The molecule has 3 aromatic carbocycles. The monoisotopic (exact) mass is 411 g/mol. The smallest absolute Gasteiger partial charge is 0.227 e. The molecule has 4 aromatic rings. The lowest BCUT2D eigenvalue weighted by atomic mass is 10.1. The molecule has 0 radical (unpaired) electrons. The molecule has 0 spiro atoms. The summed E-state index contributed by atoms with van der Waals surface area (Å²) in [4.78, 5) is 19.7. The lowest BCUT2D eigenvalue weighted by Gasteiger charge is -2.18. The molecule has 156 valence electrons. The molecule has 2 heterocycles. The molecule has 0 aliphatic carbocycles. The van der Waals surface area contributed by atoms with Gasteiger partial charge in [-0.05, 0) is 36.8 Å². The summed E-state index contributed by atoms with van der Waals surface area (Å²) in [6.07, 6.45) is 0.453. The molecule has 0 saturated carbocycles. The quantitative estimate of drug-likeness (QED) is 0.468. The number of aromatic nitrogens is 2. The number of aryl methyl sites for hydroxylation is 1. The topological polar surface area (TPSA) is 47.4 Å². The highest BCUT2D eigenvalue weighted by Gasteiger charge is 2.35. The van der Waals surface area contributed by atoms with Crippen LogP contribution in [0.4, 0.5) is 5.69 Å². The van der Waals surface area contributed by atoms with E-state index >= 15 is 0 Å². The van der Waals surface area contributed by atoms with E-state index in [4.69, 9.17) is 9.72 Å². The molecule has 31 heavy (non-hydrogen) atoms. The Bertz CT molecular complexity index is 1240. The first-order valence-corrected chi connectivity index (χ1v) is 10.6. The van der Waals surface area contributed by atoms with E-state index in [2.05, 4.69) is 41.8 Å². The van der Waals surface area contributed by atoms with Gasteiger partial charge in [-0.25, -0.2) is 4.98 Å². The molecular formula is C26H25N3O2. The maximum atomic E-state index is 12.9. The van der Waals surface area contributed by atoms with Crippen LogP contribution in [0.25, 0.3) is 11.0 Å². The van der Waals surface area contributed by atoms with Crippen LogP contribution in [0.1, 0.15) is 29.3 Å². The zero-order valence-corrected chi connectivity index (χ0v) is 17.8. The number of para-hydroxylation sites is 2. The van der Waals surface area contributed by atoms with Gasteiger partial charge in [0.25, 0.3) is 0 Å². The number of amides is 1. The number of carbonyl (C=O) groups excluding carboxylic acids is 1. The van der Waals surface area contributed by atoms with Crippen LogP contribution in [0.2, 0.25) is 0 Å². The first-order chi connectivity index (χ1) is 15.1. The summed E-state index contributed by atoms with van der Waals surface area (Å²) < 4.78 is 7.61. The molecule has 0 N–H and O–H groups in total. The van der Waals surface area contributed by atoms with Gasteiger partial charge in [-0.15, -0.1) is 0 Å². The molecule has 1 saturated heterocycles. The number of hydrogen-bond donors (Lipinski definition) is 0. The maximum Gasteiger partial charge on any atom is 0.227 e. The summed E-state index contributed by atoms with van der Waals surface area (Å²) >= 11 is 0. The van der Waals surface area contributed by atoms with Crippen molar-refractivity contribution < 1.29 is 9.53 Å². The van der Waals surface area contributed by atoms with E-state index in [-0.39, 0.29) is 11.8 Å². The molecule has 1 aromatic heterocycles. The molecule has 1 atom stereocenters. The fourth-order valence-corrected chi connectivity index (χ4v) is 4.36. The Morgan fingerprint density at radius 1 is 1.03 bits per heavy atom. The third-order valence-electron chi connectivity index (χ3n) is 6.00. The minimum atomic E-state index is 0.0385. The minimum absolute atomic E-state index is 0.0385. The van der Waals surface area contributed by atoms with Crippen LogP contribution in [0.3, 0.4) is 0 Å². The van der Waals surface area contributed by atoms with Crippen LogP contribution in [-0.2, 0) is 11.3 Å². The summed E-state index contributed by atoms with van der Waals surface area (Å²) in [6, 6.07) is 24.5. The fourth-order valence-electron chi connectivity index (χ4n) is 4.36. The normalized spacial score (nSPS) is 16.3. The van der Waals surface area contributed by atoms with Crippen LogP contribution in [0, 0.1) is 6.92 Å². The highest BCUT2D eigenvalue weighted by Crippen LogP contribution is 2.34. The summed E-state index contributed by atoms with van der Waals surface area (Å²) in [5.74, 6) is 1.88. The van der Waals surface area contributed by atoms with Crippen LogP contribution < -0.4 is 9.64 Å². The van der Waals surface area contributed by atoms with Gasteiger partial charge in [-0.2, -0.15) is 0 Å². The van der Waals surface area contributed by atoms with Crippen molar-refractivity contribution in [3.63, 3.8) is 0 Å². The number of nitrogens with zero attached hydrogens (tertiary/aromatic N) is 3. The second-order valence-corrected chi connectivity index (χ2v) is 8.14. The lowest BCUT2D eigenvalue weighted by molar-refractivity contribution is -0.117. The third kappa shape index (κ3) is 3.67. The van der Waals surface area contributed by atoms with E-state index in [9.17, 15) is 4.79 Å². The molecule has 1 aliphatic heterocycles. The highest BCUT2D eigenvalue weighted by molar-refractivity contribution is 5.96. The Hall–Kier alpha value is -3.60. The molecule has 1 amide bonds. The van der Waals surface area contributed by atoms with Gasteiger partial charge in [0.1, 0.15) is 11.6 Å². The number of anilines is 1. The Morgan fingerprint density at radius 2 is 1.84 bits per heavy atom. The molecule has 5 heteroatoms. The minimum Gasteiger partial charge on any atom is -0.497 e. The van der Waals surface area contributed by atoms with Crippen LogP contribution >= 0.6 is 0 Å². The Labute approximate surface area is 181 Å². The van der Waals surface area contributed by atoms with E-state index in [0.29, 0.717) is 13.0 Å². The standard InChI is InChI=1S/C26H25N3O2/c1-18-10-12-19(13-11-18)16-29-24-9-4-3-8-23(24)27-26(29)20-14-25(30)28(17-20)21-6-5-7-22(15-21)31-2/h3-13,15,20H,14,16-17H2,1-2H3. The predicted octanol–water partition coefficient (Wildman–Crippen LogP) is 4.92. The molecule has 1 aliphatic rings. The second kappa shape index (κ2) is 7.91. The van der Waals surface area contributed by atoms with Crippen molar-refractivity contribution in [2.75, 3.05) is 18.6 Å². The summed E-state index contributed by atoms with van der Waals surface area (Å²) in [6.45, 7) is 3.45. The molecule has 5 nitrogen and oxygen atoms in total. The molecule has 0 bridgehead atoms. The Morgan fingerprint density at radius 3 is 2.65 bits per heavy atom. The van der Waals surface area contributed by atoms with Gasteiger partial charge in [0.05, 0.1) is 18.1 Å². The number of benzene rings is 3. The van der Waals surface area contributed by atoms with E-state index in [1.165, 1.54) is 11.1 Å². The third-order valence-corrected chi connectivity index (χ3v) is 6.00.